The lowest BCUT2D eigenvalue weighted by Gasteiger charge is -2.31. The molecule has 2 amide bonds. The van der Waals surface area contributed by atoms with E-state index < -0.39 is 5.66 Å². The van der Waals surface area contributed by atoms with E-state index in [9.17, 15) is 9.59 Å². The van der Waals surface area contributed by atoms with E-state index in [0.717, 1.165) is 30.3 Å². The molecule has 3 aromatic rings. The first-order chi connectivity index (χ1) is 15.7. The first-order valence-corrected chi connectivity index (χ1v) is 11.8. The molecule has 1 saturated heterocycles. The molecular weight excluding hydrogens is 461 g/mol. The fourth-order valence-corrected chi connectivity index (χ4v) is 4.69. The number of nitrogens with zero attached hydrogens (tertiary/aromatic N) is 2. The highest BCUT2D eigenvalue weighted by Gasteiger charge is 2.37. The van der Waals surface area contributed by atoms with E-state index >= 15 is 0 Å². The van der Waals surface area contributed by atoms with Crippen LogP contribution in [0.5, 0.6) is 0 Å². The molecule has 0 saturated carbocycles. The Labute approximate surface area is 202 Å². The van der Waals surface area contributed by atoms with Gasteiger partial charge in [-0.1, -0.05) is 36.5 Å². The van der Waals surface area contributed by atoms with Gasteiger partial charge in [0.2, 0.25) is 0 Å². The first kappa shape index (κ1) is 23.5. The van der Waals surface area contributed by atoms with Gasteiger partial charge in [-0.2, -0.15) is 0 Å². The van der Waals surface area contributed by atoms with Crippen molar-refractivity contribution in [1.29, 1.82) is 0 Å². The summed E-state index contributed by atoms with van der Waals surface area (Å²) in [6.07, 6.45) is 3.14. The lowest BCUT2D eigenvalue weighted by atomic mass is 10.1. The van der Waals surface area contributed by atoms with Crippen molar-refractivity contribution in [1.82, 2.24) is 20.2 Å². The number of imidazole rings is 1. The molecule has 0 unspecified atom stereocenters. The number of aromatic amines is 1. The van der Waals surface area contributed by atoms with Gasteiger partial charge in [0, 0.05) is 17.1 Å². The molecule has 9 heteroatoms. The maximum atomic E-state index is 13.0. The van der Waals surface area contributed by atoms with E-state index in [1.807, 2.05) is 19.9 Å². The number of hydrogen-bond donors (Lipinski definition) is 3. The maximum absolute atomic E-state index is 13.0. The normalized spacial score (nSPS) is 19.1. The molecule has 4 N–H and O–H groups in total. The standard InChI is InChI=1S/C24H27Cl2N5O2/c1-3-5-19(21-28-18-9-7-15(25)13-20(18)29-21)30-22(32)14-6-8-16(17(26)12-14)23(33)31-11-4-10-24(31,2)27/h6-9,12-13,19H,3-5,10-11,27H2,1-2H3,(H,28,29)(H,30,32)/t19-,24-/m0/s1. The van der Waals surface area contributed by atoms with Gasteiger partial charge in [-0.25, -0.2) is 4.98 Å². The summed E-state index contributed by atoms with van der Waals surface area (Å²) in [6.45, 7) is 4.47. The average molecular weight is 488 g/mol. The number of carbonyl (C=O) groups is 2. The van der Waals surface area contributed by atoms with Crippen LogP contribution in [0.15, 0.2) is 36.4 Å². The number of likely N-dealkylation sites (tertiary alicyclic amines) is 1. The minimum Gasteiger partial charge on any atom is -0.342 e. The van der Waals surface area contributed by atoms with E-state index in [1.54, 1.807) is 29.2 Å². The predicted octanol–water partition coefficient (Wildman–Crippen LogP) is 5.05. The van der Waals surface area contributed by atoms with Gasteiger partial charge in [0.25, 0.3) is 11.8 Å². The van der Waals surface area contributed by atoms with Crippen LogP contribution in [0.1, 0.15) is 72.1 Å². The molecule has 4 rings (SSSR count). The molecule has 1 aliphatic rings. The Morgan fingerprint density at radius 1 is 1.27 bits per heavy atom. The fourth-order valence-electron chi connectivity index (χ4n) is 4.27. The van der Waals surface area contributed by atoms with Gasteiger partial charge in [0.15, 0.2) is 0 Å². The third-order valence-corrected chi connectivity index (χ3v) is 6.61. The molecular formula is C24H27Cl2N5O2. The number of hydrogen-bond acceptors (Lipinski definition) is 4. The average Bonchev–Trinajstić information content (AvgIpc) is 3.34. The van der Waals surface area contributed by atoms with Crippen molar-refractivity contribution < 1.29 is 9.59 Å². The summed E-state index contributed by atoms with van der Waals surface area (Å²) < 4.78 is 0. The van der Waals surface area contributed by atoms with Crippen LogP contribution in [-0.4, -0.2) is 38.9 Å². The van der Waals surface area contributed by atoms with Crippen LogP contribution in [-0.2, 0) is 0 Å². The molecule has 1 fully saturated rings. The molecule has 2 heterocycles. The first-order valence-electron chi connectivity index (χ1n) is 11.1. The van der Waals surface area contributed by atoms with E-state index in [-0.39, 0.29) is 22.9 Å². The highest BCUT2D eigenvalue weighted by Crippen LogP contribution is 2.29. The van der Waals surface area contributed by atoms with Crippen molar-refractivity contribution >= 4 is 46.0 Å². The molecule has 7 nitrogen and oxygen atoms in total. The van der Waals surface area contributed by atoms with E-state index in [2.05, 4.69) is 15.3 Å². The Morgan fingerprint density at radius 3 is 2.73 bits per heavy atom. The van der Waals surface area contributed by atoms with Gasteiger partial charge in [0.05, 0.1) is 33.3 Å². The summed E-state index contributed by atoms with van der Waals surface area (Å²) in [7, 11) is 0. The number of fused-ring (bicyclic) bond motifs is 1. The summed E-state index contributed by atoms with van der Waals surface area (Å²) in [6, 6.07) is 9.85. The minimum absolute atomic E-state index is 0.223. The number of nitrogens with two attached hydrogens (primary N) is 1. The Morgan fingerprint density at radius 2 is 2.06 bits per heavy atom. The SMILES string of the molecule is CCC[C@H](NC(=O)c1ccc(C(=O)N2CCC[C@@]2(C)N)c(Cl)c1)c1nc2cc(Cl)ccc2[nH]1. The minimum atomic E-state index is -0.694. The number of aromatic nitrogens is 2. The molecule has 2 aromatic carbocycles. The molecule has 1 aliphatic heterocycles. The highest BCUT2D eigenvalue weighted by atomic mass is 35.5. The topological polar surface area (TPSA) is 104 Å². The van der Waals surface area contributed by atoms with Crippen LogP contribution in [0, 0.1) is 0 Å². The van der Waals surface area contributed by atoms with Crippen molar-refractivity contribution in [3.8, 4) is 0 Å². The van der Waals surface area contributed by atoms with E-state index in [0.29, 0.717) is 34.9 Å². The van der Waals surface area contributed by atoms with E-state index in [1.165, 1.54) is 6.07 Å². The lowest BCUT2D eigenvalue weighted by Crippen LogP contribution is -2.51. The van der Waals surface area contributed by atoms with Crippen molar-refractivity contribution in [2.45, 2.75) is 51.2 Å². The second-order valence-corrected chi connectivity index (χ2v) is 9.55. The van der Waals surface area contributed by atoms with Crippen LogP contribution in [0.4, 0.5) is 0 Å². The van der Waals surface area contributed by atoms with Gasteiger partial charge in [-0.3, -0.25) is 9.59 Å². The largest absolute Gasteiger partial charge is 0.342 e. The van der Waals surface area contributed by atoms with Gasteiger partial charge in [-0.05, 0) is 62.6 Å². The van der Waals surface area contributed by atoms with E-state index in [4.69, 9.17) is 28.9 Å². The van der Waals surface area contributed by atoms with Gasteiger partial charge in [-0.15, -0.1) is 0 Å². The number of nitrogens with one attached hydrogen (secondary N) is 2. The Bertz CT molecular complexity index is 1210. The second kappa shape index (κ2) is 9.33. The van der Waals surface area contributed by atoms with Crippen LogP contribution >= 0.6 is 23.2 Å². The number of halogens is 2. The number of amides is 2. The number of rotatable bonds is 6. The Kier molecular flexibility index (Phi) is 6.66. The van der Waals surface area contributed by atoms with Crippen molar-refractivity contribution in [2.75, 3.05) is 6.54 Å². The summed E-state index contributed by atoms with van der Waals surface area (Å²) in [5.74, 6) is 0.147. The van der Waals surface area contributed by atoms with Gasteiger partial charge >= 0.3 is 0 Å². The zero-order valence-electron chi connectivity index (χ0n) is 18.6. The van der Waals surface area contributed by atoms with Crippen LogP contribution < -0.4 is 11.1 Å². The summed E-state index contributed by atoms with van der Waals surface area (Å²) >= 11 is 12.5. The van der Waals surface area contributed by atoms with Crippen LogP contribution in [0.3, 0.4) is 0 Å². The van der Waals surface area contributed by atoms with Crippen LogP contribution in [0.25, 0.3) is 11.0 Å². The second-order valence-electron chi connectivity index (χ2n) is 8.71. The number of carbonyl (C=O) groups excluding carboxylic acids is 2. The highest BCUT2D eigenvalue weighted by molar-refractivity contribution is 6.34. The zero-order chi connectivity index (χ0) is 23.8. The number of benzene rings is 2. The smallest absolute Gasteiger partial charge is 0.256 e. The lowest BCUT2D eigenvalue weighted by molar-refractivity contribution is 0.0634. The monoisotopic (exact) mass is 487 g/mol. The summed E-state index contributed by atoms with van der Waals surface area (Å²) in [4.78, 5) is 35.5. The zero-order valence-corrected chi connectivity index (χ0v) is 20.1. The Hall–Kier alpha value is -2.61. The molecule has 0 spiro atoms. The molecule has 33 heavy (non-hydrogen) atoms. The molecule has 1 aromatic heterocycles. The quantitative estimate of drug-likeness (QED) is 0.452. The molecule has 0 bridgehead atoms. The Balaban J connectivity index is 1.53. The summed E-state index contributed by atoms with van der Waals surface area (Å²) in [5, 5.41) is 3.86. The van der Waals surface area contributed by atoms with Crippen molar-refractivity contribution in [3.05, 3.63) is 63.4 Å². The summed E-state index contributed by atoms with van der Waals surface area (Å²) in [5.41, 5.74) is 7.85. The molecule has 0 radical (unpaired) electrons. The van der Waals surface area contributed by atoms with Gasteiger partial charge < -0.3 is 20.9 Å². The third-order valence-electron chi connectivity index (χ3n) is 6.06. The molecule has 2 atom stereocenters. The number of H-pyrrole nitrogens is 1. The maximum Gasteiger partial charge on any atom is 0.256 e. The van der Waals surface area contributed by atoms with Crippen molar-refractivity contribution in [3.63, 3.8) is 0 Å². The molecule has 174 valence electrons. The predicted molar refractivity (Wildman–Crippen MR) is 131 cm³/mol. The molecule has 0 aliphatic carbocycles. The van der Waals surface area contributed by atoms with Crippen molar-refractivity contribution in [2.24, 2.45) is 5.73 Å². The fraction of sp³-hybridized carbons (Fsp3) is 0.375. The third kappa shape index (κ3) is 4.86. The van der Waals surface area contributed by atoms with Gasteiger partial charge in [0.1, 0.15) is 5.82 Å². The van der Waals surface area contributed by atoms with Crippen LogP contribution in [0.2, 0.25) is 10.0 Å².